The molecule has 5 nitrogen and oxygen atoms in total. The molecule has 0 spiro atoms. The molecule has 0 saturated heterocycles. The van der Waals surface area contributed by atoms with Crippen LogP contribution in [0.25, 0.3) is 0 Å². The molecule has 1 unspecified atom stereocenters. The van der Waals surface area contributed by atoms with Crippen LogP contribution in [0.3, 0.4) is 0 Å². The Kier molecular flexibility index (Phi) is 5.07. The normalized spacial score (nSPS) is 12.1. The number of carboxylic acids is 2. The van der Waals surface area contributed by atoms with Gasteiger partial charge in [0.25, 0.3) is 0 Å². The number of rotatable bonds is 7. The Bertz CT molecular complexity index is 430. The van der Waals surface area contributed by atoms with Crippen molar-refractivity contribution in [1.82, 2.24) is 4.90 Å². The number of hydrogen-bond acceptors (Lipinski definition) is 3. The third kappa shape index (κ3) is 4.03. The van der Waals surface area contributed by atoms with Gasteiger partial charge in [0, 0.05) is 6.54 Å². The van der Waals surface area contributed by atoms with E-state index in [0.717, 1.165) is 5.56 Å². The highest BCUT2D eigenvalue weighted by Gasteiger charge is 2.24. The first-order valence-electron chi connectivity index (χ1n) is 5.39. The molecule has 0 radical (unpaired) electrons. The van der Waals surface area contributed by atoms with Crippen LogP contribution in [0.15, 0.2) is 43.0 Å². The SMILES string of the molecule is C=CC(C(=O)O)N(CC(=O)O)Cc1ccccc1. The summed E-state index contributed by atoms with van der Waals surface area (Å²) < 4.78 is 0. The van der Waals surface area contributed by atoms with Gasteiger partial charge in [-0.3, -0.25) is 14.5 Å². The van der Waals surface area contributed by atoms with E-state index in [1.807, 2.05) is 30.3 Å². The van der Waals surface area contributed by atoms with Gasteiger partial charge in [0.05, 0.1) is 6.54 Å². The summed E-state index contributed by atoms with van der Waals surface area (Å²) in [4.78, 5) is 23.2. The average Bonchev–Trinajstić information content (AvgIpc) is 2.29. The molecule has 2 N–H and O–H groups in total. The van der Waals surface area contributed by atoms with E-state index in [9.17, 15) is 9.59 Å². The molecule has 0 heterocycles. The van der Waals surface area contributed by atoms with E-state index in [2.05, 4.69) is 6.58 Å². The van der Waals surface area contributed by atoms with E-state index in [-0.39, 0.29) is 13.1 Å². The van der Waals surface area contributed by atoms with Gasteiger partial charge in [0.15, 0.2) is 0 Å². The van der Waals surface area contributed by atoms with Crippen LogP contribution < -0.4 is 0 Å². The molecule has 0 amide bonds. The zero-order chi connectivity index (χ0) is 13.5. The summed E-state index contributed by atoms with van der Waals surface area (Å²) in [5.74, 6) is -2.18. The lowest BCUT2D eigenvalue weighted by Gasteiger charge is -2.24. The molecule has 0 aliphatic carbocycles. The van der Waals surface area contributed by atoms with Gasteiger partial charge < -0.3 is 10.2 Å². The second-order valence-corrected chi connectivity index (χ2v) is 3.80. The predicted molar refractivity (Wildman–Crippen MR) is 66.1 cm³/mol. The zero-order valence-corrected chi connectivity index (χ0v) is 9.82. The maximum Gasteiger partial charge on any atom is 0.324 e. The Morgan fingerprint density at radius 1 is 1.28 bits per heavy atom. The van der Waals surface area contributed by atoms with Gasteiger partial charge >= 0.3 is 11.9 Å². The van der Waals surface area contributed by atoms with Gasteiger partial charge in [-0.1, -0.05) is 36.4 Å². The van der Waals surface area contributed by atoms with Crippen molar-refractivity contribution in [2.75, 3.05) is 6.54 Å². The predicted octanol–water partition coefficient (Wildman–Crippen LogP) is 1.21. The van der Waals surface area contributed by atoms with E-state index < -0.39 is 18.0 Å². The highest BCUT2D eigenvalue weighted by molar-refractivity contribution is 5.77. The maximum absolute atomic E-state index is 11.0. The van der Waals surface area contributed by atoms with Gasteiger partial charge in [0.2, 0.25) is 0 Å². The molecule has 96 valence electrons. The van der Waals surface area contributed by atoms with Gasteiger partial charge in [-0.25, -0.2) is 0 Å². The number of nitrogens with zero attached hydrogens (tertiary/aromatic N) is 1. The zero-order valence-electron chi connectivity index (χ0n) is 9.82. The van der Waals surface area contributed by atoms with Crippen molar-refractivity contribution in [2.24, 2.45) is 0 Å². The summed E-state index contributed by atoms with van der Waals surface area (Å²) in [6.45, 7) is 3.33. The summed E-state index contributed by atoms with van der Waals surface area (Å²) in [6, 6.07) is 8.10. The molecule has 0 aliphatic rings. The third-order valence-corrected chi connectivity index (χ3v) is 2.44. The van der Waals surface area contributed by atoms with Crippen LogP contribution in [-0.4, -0.2) is 39.6 Å². The van der Waals surface area contributed by atoms with Gasteiger partial charge in [-0.2, -0.15) is 0 Å². The first kappa shape index (κ1) is 13.9. The average molecular weight is 249 g/mol. The van der Waals surface area contributed by atoms with E-state index in [0.29, 0.717) is 0 Å². The number of hydrogen-bond donors (Lipinski definition) is 2. The van der Waals surface area contributed by atoms with Crippen LogP contribution >= 0.6 is 0 Å². The Morgan fingerprint density at radius 3 is 2.33 bits per heavy atom. The van der Waals surface area contributed by atoms with Crippen LogP contribution in [0.5, 0.6) is 0 Å². The molecule has 1 aromatic rings. The summed E-state index contributed by atoms with van der Waals surface area (Å²) in [7, 11) is 0. The van der Waals surface area contributed by atoms with Crippen LogP contribution in [0.2, 0.25) is 0 Å². The number of aliphatic carboxylic acids is 2. The van der Waals surface area contributed by atoms with Crippen molar-refractivity contribution in [2.45, 2.75) is 12.6 Å². The molecular weight excluding hydrogens is 234 g/mol. The largest absolute Gasteiger partial charge is 0.480 e. The molecule has 0 aromatic heterocycles. The highest BCUT2D eigenvalue weighted by Crippen LogP contribution is 2.09. The van der Waals surface area contributed by atoms with Crippen LogP contribution in [0.1, 0.15) is 5.56 Å². The third-order valence-electron chi connectivity index (χ3n) is 2.44. The lowest BCUT2D eigenvalue weighted by molar-refractivity contribution is -0.144. The molecule has 1 aromatic carbocycles. The topological polar surface area (TPSA) is 77.8 Å². The van der Waals surface area contributed by atoms with Crippen molar-refractivity contribution in [1.29, 1.82) is 0 Å². The Hall–Kier alpha value is -2.14. The monoisotopic (exact) mass is 249 g/mol. The fourth-order valence-electron chi connectivity index (χ4n) is 1.65. The Balaban J connectivity index is 2.87. The van der Waals surface area contributed by atoms with Crippen molar-refractivity contribution in [3.05, 3.63) is 48.6 Å². The summed E-state index contributed by atoms with van der Waals surface area (Å²) in [5, 5.41) is 17.8. The van der Waals surface area contributed by atoms with Crippen molar-refractivity contribution in [3.8, 4) is 0 Å². The first-order valence-corrected chi connectivity index (χ1v) is 5.39. The van der Waals surface area contributed by atoms with Crippen LogP contribution in [0.4, 0.5) is 0 Å². The van der Waals surface area contributed by atoms with E-state index >= 15 is 0 Å². The molecule has 0 saturated carbocycles. The maximum atomic E-state index is 11.0. The summed E-state index contributed by atoms with van der Waals surface area (Å²) in [5.41, 5.74) is 0.854. The fourth-order valence-corrected chi connectivity index (χ4v) is 1.65. The minimum atomic E-state index is -1.11. The molecule has 0 fully saturated rings. The van der Waals surface area contributed by atoms with Crippen molar-refractivity contribution in [3.63, 3.8) is 0 Å². The van der Waals surface area contributed by atoms with Crippen molar-refractivity contribution >= 4 is 11.9 Å². The smallest absolute Gasteiger partial charge is 0.324 e. The van der Waals surface area contributed by atoms with Crippen LogP contribution in [0, 0.1) is 0 Å². The Labute approximate surface area is 105 Å². The molecule has 0 bridgehead atoms. The van der Waals surface area contributed by atoms with Crippen LogP contribution in [-0.2, 0) is 16.1 Å². The summed E-state index contributed by atoms with van der Waals surface area (Å²) >= 11 is 0. The molecular formula is C13H15NO4. The molecule has 1 rings (SSSR count). The van der Waals surface area contributed by atoms with Gasteiger partial charge in [0.1, 0.15) is 6.04 Å². The van der Waals surface area contributed by atoms with Gasteiger partial charge in [-0.15, -0.1) is 6.58 Å². The Morgan fingerprint density at radius 2 is 1.89 bits per heavy atom. The quantitative estimate of drug-likeness (QED) is 0.710. The standard InChI is InChI=1S/C13H15NO4/c1-2-11(13(17)18)14(9-12(15)16)8-10-6-4-3-5-7-10/h2-7,11H,1,8-9H2,(H,15,16)(H,17,18). The number of carboxylic acid groups (broad SMARTS) is 2. The van der Waals surface area contributed by atoms with Gasteiger partial charge in [-0.05, 0) is 5.56 Å². The minimum absolute atomic E-state index is 0.246. The molecule has 5 heteroatoms. The highest BCUT2D eigenvalue weighted by atomic mass is 16.4. The van der Waals surface area contributed by atoms with E-state index in [4.69, 9.17) is 10.2 Å². The lowest BCUT2D eigenvalue weighted by Crippen LogP contribution is -2.42. The first-order chi connectivity index (χ1) is 8.54. The number of benzene rings is 1. The fraction of sp³-hybridized carbons (Fsp3) is 0.231. The lowest BCUT2D eigenvalue weighted by atomic mass is 10.1. The molecule has 0 aliphatic heterocycles. The second-order valence-electron chi connectivity index (χ2n) is 3.80. The molecule has 18 heavy (non-hydrogen) atoms. The minimum Gasteiger partial charge on any atom is -0.480 e. The van der Waals surface area contributed by atoms with E-state index in [1.165, 1.54) is 11.0 Å². The second kappa shape index (κ2) is 6.56. The summed E-state index contributed by atoms with van der Waals surface area (Å²) in [6.07, 6.45) is 1.23. The number of carbonyl (C=O) groups is 2. The van der Waals surface area contributed by atoms with E-state index in [1.54, 1.807) is 0 Å². The van der Waals surface area contributed by atoms with Crippen molar-refractivity contribution < 1.29 is 19.8 Å². The molecule has 1 atom stereocenters.